The molecule has 0 fully saturated rings. The number of fused-ring (bicyclic) bond motifs is 1. The van der Waals surface area contributed by atoms with Crippen molar-refractivity contribution in [1.29, 1.82) is 0 Å². The van der Waals surface area contributed by atoms with Crippen LogP contribution in [0.15, 0.2) is 30.3 Å². The van der Waals surface area contributed by atoms with E-state index in [1.165, 1.54) is 40.6 Å². The molecular formula is C15H19OS. The molecule has 2 aromatic rings. The molecule has 0 bridgehead atoms. The molecule has 17 heavy (non-hydrogen) atoms. The fraction of sp³-hybridized carbons (Fsp3) is 0.400. The number of hydrogen-bond acceptors (Lipinski definition) is 2. The molecule has 0 aliphatic carbocycles. The molecule has 0 spiro atoms. The van der Waals surface area contributed by atoms with Crippen LogP contribution in [0.1, 0.15) is 30.6 Å². The van der Waals surface area contributed by atoms with Crippen molar-refractivity contribution in [3.63, 3.8) is 0 Å². The Morgan fingerprint density at radius 1 is 1.06 bits per heavy atom. The van der Waals surface area contributed by atoms with Gasteiger partial charge in [-0.05, 0) is 36.8 Å². The predicted octanol–water partition coefficient (Wildman–Crippen LogP) is 4.81. The summed E-state index contributed by atoms with van der Waals surface area (Å²) in [6, 6.07) is 11.0. The fourth-order valence-corrected chi connectivity index (χ4v) is 3.12. The van der Waals surface area contributed by atoms with E-state index in [0.29, 0.717) is 0 Å². The van der Waals surface area contributed by atoms with Crippen LogP contribution >= 0.6 is 11.3 Å². The van der Waals surface area contributed by atoms with E-state index in [2.05, 4.69) is 37.4 Å². The van der Waals surface area contributed by atoms with Crippen molar-refractivity contribution in [2.45, 2.75) is 32.1 Å². The lowest BCUT2D eigenvalue weighted by atomic mass is 10.1. The van der Waals surface area contributed by atoms with E-state index < -0.39 is 0 Å². The molecular weight excluding hydrogens is 228 g/mol. The SMILES string of the molecule is [CH2]OCCCCCCc1cc2ccccc2s1. The monoisotopic (exact) mass is 247 g/mol. The van der Waals surface area contributed by atoms with E-state index in [9.17, 15) is 0 Å². The minimum atomic E-state index is 0.795. The highest BCUT2D eigenvalue weighted by Gasteiger charge is 2.00. The minimum absolute atomic E-state index is 0.795. The molecule has 1 nitrogen and oxygen atoms in total. The molecule has 2 rings (SSSR count). The van der Waals surface area contributed by atoms with Crippen LogP contribution in [-0.2, 0) is 11.2 Å². The van der Waals surface area contributed by atoms with E-state index >= 15 is 0 Å². The van der Waals surface area contributed by atoms with Crippen LogP contribution in [0.5, 0.6) is 0 Å². The van der Waals surface area contributed by atoms with E-state index in [1.807, 2.05) is 11.3 Å². The maximum Gasteiger partial charge on any atom is 0.0700 e. The smallest absolute Gasteiger partial charge is 0.0700 e. The molecule has 1 heterocycles. The Morgan fingerprint density at radius 2 is 1.88 bits per heavy atom. The van der Waals surface area contributed by atoms with Crippen LogP contribution in [0.25, 0.3) is 10.1 Å². The number of rotatable bonds is 7. The summed E-state index contributed by atoms with van der Waals surface area (Å²) < 4.78 is 6.21. The predicted molar refractivity (Wildman–Crippen MR) is 75.3 cm³/mol. The summed E-state index contributed by atoms with van der Waals surface area (Å²) >= 11 is 1.93. The second kappa shape index (κ2) is 6.77. The Kier molecular flexibility index (Phi) is 5.02. The fourth-order valence-electron chi connectivity index (χ4n) is 2.02. The first-order valence-corrected chi connectivity index (χ1v) is 7.06. The van der Waals surface area contributed by atoms with E-state index in [4.69, 9.17) is 4.74 Å². The van der Waals surface area contributed by atoms with Gasteiger partial charge in [-0.2, -0.15) is 0 Å². The van der Waals surface area contributed by atoms with Gasteiger partial charge in [-0.15, -0.1) is 11.3 Å². The lowest BCUT2D eigenvalue weighted by molar-refractivity contribution is 0.233. The van der Waals surface area contributed by atoms with Gasteiger partial charge in [0.2, 0.25) is 0 Å². The van der Waals surface area contributed by atoms with Crippen molar-refractivity contribution in [2.75, 3.05) is 6.61 Å². The number of thiophene rings is 1. The Morgan fingerprint density at radius 3 is 2.71 bits per heavy atom. The summed E-state index contributed by atoms with van der Waals surface area (Å²) in [6.07, 6.45) is 6.17. The molecule has 0 N–H and O–H groups in total. The molecule has 1 aromatic heterocycles. The lowest BCUT2D eigenvalue weighted by Crippen LogP contribution is -1.87. The van der Waals surface area contributed by atoms with Crippen molar-refractivity contribution in [2.24, 2.45) is 0 Å². The molecule has 91 valence electrons. The van der Waals surface area contributed by atoms with Gasteiger partial charge in [-0.3, -0.25) is 0 Å². The molecule has 1 radical (unpaired) electrons. The molecule has 1 aromatic carbocycles. The van der Waals surface area contributed by atoms with Gasteiger partial charge in [0.15, 0.2) is 0 Å². The summed E-state index contributed by atoms with van der Waals surface area (Å²) in [5.41, 5.74) is 0. The van der Waals surface area contributed by atoms with Crippen LogP contribution in [0.4, 0.5) is 0 Å². The van der Waals surface area contributed by atoms with E-state index in [-0.39, 0.29) is 0 Å². The van der Waals surface area contributed by atoms with E-state index in [0.717, 1.165) is 13.0 Å². The molecule has 2 heteroatoms. The largest absolute Gasteiger partial charge is 0.379 e. The highest BCUT2D eigenvalue weighted by Crippen LogP contribution is 2.26. The number of benzene rings is 1. The summed E-state index contributed by atoms with van der Waals surface area (Å²) in [5.74, 6) is 0. The van der Waals surface area contributed by atoms with Gasteiger partial charge in [0.25, 0.3) is 0 Å². The van der Waals surface area contributed by atoms with Crippen LogP contribution in [0.3, 0.4) is 0 Å². The maximum atomic E-state index is 4.80. The van der Waals surface area contributed by atoms with Gasteiger partial charge in [-0.1, -0.05) is 31.0 Å². The van der Waals surface area contributed by atoms with Crippen molar-refractivity contribution < 1.29 is 4.74 Å². The zero-order chi connectivity index (χ0) is 11.9. The average Bonchev–Trinajstić information content (AvgIpc) is 2.76. The van der Waals surface area contributed by atoms with E-state index in [1.54, 1.807) is 0 Å². The molecule has 0 amide bonds. The van der Waals surface area contributed by atoms with Crippen LogP contribution in [0.2, 0.25) is 0 Å². The van der Waals surface area contributed by atoms with Crippen molar-refractivity contribution >= 4 is 21.4 Å². The number of aryl methyl sites for hydroxylation is 1. The normalized spacial score (nSPS) is 11.1. The first-order chi connectivity index (χ1) is 8.40. The Balaban J connectivity index is 1.75. The van der Waals surface area contributed by atoms with Crippen LogP contribution < -0.4 is 0 Å². The Labute approximate surface area is 107 Å². The third-order valence-electron chi connectivity index (χ3n) is 2.94. The van der Waals surface area contributed by atoms with Crippen molar-refractivity contribution in [1.82, 2.24) is 0 Å². The molecule has 0 unspecified atom stereocenters. The zero-order valence-corrected chi connectivity index (χ0v) is 11.0. The molecule has 0 aliphatic rings. The Hall–Kier alpha value is -0.860. The number of hydrogen-bond donors (Lipinski definition) is 0. The third-order valence-corrected chi connectivity index (χ3v) is 4.11. The Bertz CT molecular complexity index is 414. The molecule has 0 atom stereocenters. The molecule has 0 aliphatic heterocycles. The van der Waals surface area contributed by atoms with Gasteiger partial charge in [0.1, 0.15) is 0 Å². The molecule has 0 saturated carbocycles. The number of ether oxygens (including phenoxy) is 1. The van der Waals surface area contributed by atoms with Crippen molar-refractivity contribution in [3.8, 4) is 0 Å². The van der Waals surface area contributed by atoms with Gasteiger partial charge in [0.05, 0.1) is 7.11 Å². The van der Waals surface area contributed by atoms with Gasteiger partial charge in [-0.25, -0.2) is 0 Å². The van der Waals surface area contributed by atoms with Crippen LogP contribution in [0, 0.1) is 7.11 Å². The molecule has 0 saturated heterocycles. The van der Waals surface area contributed by atoms with Gasteiger partial charge in [0, 0.05) is 16.2 Å². The van der Waals surface area contributed by atoms with Gasteiger partial charge < -0.3 is 4.74 Å². The van der Waals surface area contributed by atoms with Gasteiger partial charge >= 0.3 is 0 Å². The topological polar surface area (TPSA) is 9.23 Å². The first kappa shape index (κ1) is 12.6. The summed E-state index contributed by atoms with van der Waals surface area (Å²) in [7, 11) is 3.38. The average molecular weight is 247 g/mol. The van der Waals surface area contributed by atoms with Crippen LogP contribution in [-0.4, -0.2) is 6.61 Å². The highest BCUT2D eigenvalue weighted by atomic mass is 32.1. The quantitative estimate of drug-likeness (QED) is 0.638. The first-order valence-electron chi connectivity index (χ1n) is 6.24. The number of unbranched alkanes of at least 4 members (excludes halogenated alkanes) is 3. The summed E-state index contributed by atoms with van der Waals surface area (Å²) in [6.45, 7) is 0.795. The standard InChI is InChI=1S/C15H19OS/c1-16-11-7-3-2-4-9-14-12-13-8-5-6-10-15(13)17-14/h5-6,8,10,12H,1-4,7,9,11H2. The summed E-state index contributed by atoms with van der Waals surface area (Å²) in [4.78, 5) is 1.51. The zero-order valence-electron chi connectivity index (χ0n) is 10.2. The summed E-state index contributed by atoms with van der Waals surface area (Å²) in [5, 5.41) is 1.39. The maximum absolute atomic E-state index is 4.80. The lowest BCUT2D eigenvalue weighted by Gasteiger charge is -1.99. The highest BCUT2D eigenvalue weighted by molar-refractivity contribution is 7.19. The third kappa shape index (κ3) is 3.83. The van der Waals surface area contributed by atoms with Crippen molar-refractivity contribution in [3.05, 3.63) is 42.3 Å². The second-order valence-corrected chi connectivity index (χ2v) is 5.49. The minimum Gasteiger partial charge on any atom is -0.379 e. The second-order valence-electron chi connectivity index (χ2n) is 4.32.